The summed E-state index contributed by atoms with van der Waals surface area (Å²) in [5.41, 5.74) is 7.75. The Morgan fingerprint density at radius 3 is 1.04 bits per heavy atom. The van der Waals surface area contributed by atoms with E-state index in [-0.39, 0.29) is 48.1 Å². The molecule has 0 spiro atoms. The molecule has 6 rings (SSSR count). The van der Waals surface area contributed by atoms with Crippen LogP contribution in [0.1, 0.15) is 34.1 Å². The summed E-state index contributed by atoms with van der Waals surface area (Å²) >= 11 is 2.23. The lowest BCUT2D eigenvalue weighted by molar-refractivity contribution is -0.141. The summed E-state index contributed by atoms with van der Waals surface area (Å²) in [7, 11) is 1.75. The summed E-state index contributed by atoms with van der Waals surface area (Å²) in [6, 6.07) is 21.7. The third-order valence-electron chi connectivity index (χ3n) is 12.9. The largest absolute Gasteiger partial charge is 0.480 e. The number of benzene rings is 4. The van der Waals surface area contributed by atoms with Crippen LogP contribution in [0, 0.1) is 0 Å². The molecule has 438 valence electrons. The molecule has 8 amide bonds. The zero-order valence-corrected chi connectivity index (χ0v) is 47.5. The number of aliphatic carboxylic acids is 2. The van der Waals surface area contributed by atoms with Gasteiger partial charge in [0.25, 0.3) is 0 Å². The lowest BCUT2D eigenvalue weighted by atomic mass is 9.98. The molecule has 0 saturated heterocycles. The van der Waals surface area contributed by atoms with E-state index in [4.69, 9.17) is 9.47 Å². The first-order valence-electron chi connectivity index (χ1n) is 25.4. The molecule has 24 nitrogen and oxygen atoms in total. The molecule has 4 aromatic rings. The number of alkyl carbamates (subject to hydrolysis) is 2. The minimum atomic E-state index is -1.57. The van der Waals surface area contributed by atoms with E-state index in [0.717, 1.165) is 89.6 Å². The van der Waals surface area contributed by atoms with Gasteiger partial charge in [0.05, 0.1) is 26.3 Å². The van der Waals surface area contributed by atoms with Gasteiger partial charge in [0.15, 0.2) is 0 Å². The Morgan fingerprint density at radius 1 is 0.427 bits per heavy atom. The van der Waals surface area contributed by atoms with Gasteiger partial charge in [-0.15, -0.1) is 0 Å². The van der Waals surface area contributed by atoms with E-state index in [9.17, 15) is 68.4 Å². The third kappa shape index (κ3) is 17.5. The monoisotopic (exact) mass is 1210 g/mol. The van der Waals surface area contributed by atoms with Crippen LogP contribution in [0.3, 0.4) is 0 Å². The Balaban J connectivity index is 1.02. The normalized spacial score (nSPS) is 14.2. The van der Waals surface area contributed by atoms with Crippen LogP contribution in [-0.4, -0.2) is 191 Å². The maximum Gasteiger partial charge on any atom is 0.407 e. The summed E-state index contributed by atoms with van der Waals surface area (Å²) in [6.45, 7) is -3.53. The fourth-order valence-corrected chi connectivity index (χ4v) is 12.3. The predicted molar refractivity (Wildman–Crippen MR) is 309 cm³/mol. The Bertz CT molecular complexity index is 2690. The van der Waals surface area contributed by atoms with Crippen molar-refractivity contribution in [1.29, 1.82) is 0 Å². The second-order valence-electron chi connectivity index (χ2n) is 18.4. The van der Waals surface area contributed by atoms with E-state index in [1.165, 1.54) is 0 Å². The molecule has 28 heteroatoms. The predicted octanol–water partition coefficient (Wildman–Crippen LogP) is 1.23. The quantitative estimate of drug-likeness (QED) is 0.0249. The molecule has 82 heavy (non-hydrogen) atoms. The molecule has 4 aromatic carbocycles. The van der Waals surface area contributed by atoms with Gasteiger partial charge in [0, 0.05) is 34.8 Å². The number of hydrogen-bond donors (Lipinski definition) is 12. The van der Waals surface area contributed by atoms with Crippen molar-refractivity contribution in [2.75, 3.05) is 75.0 Å². The van der Waals surface area contributed by atoms with E-state index in [2.05, 4.69) is 42.5 Å². The number of aliphatic hydroxyl groups is 2. The zero-order valence-electron chi connectivity index (χ0n) is 44.2. The van der Waals surface area contributed by atoms with Gasteiger partial charge >= 0.3 is 24.1 Å². The van der Waals surface area contributed by atoms with Crippen LogP contribution in [0.4, 0.5) is 9.59 Å². The van der Waals surface area contributed by atoms with Crippen molar-refractivity contribution < 1.29 is 77.8 Å². The second-order valence-corrected chi connectivity index (χ2v) is 22.7. The van der Waals surface area contributed by atoms with E-state index < -0.39 is 122 Å². The summed E-state index contributed by atoms with van der Waals surface area (Å²) in [6.07, 6.45) is 1.17. The van der Waals surface area contributed by atoms with Crippen molar-refractivity contribution in [1.82, 2.24) is 42.5 Å². The molecule has 6 atom stereocenters. The van der Waals surface area contributed by atoms with Crippen molar-refractivity contribution in [3.63, 3.8) is 0 Å². The number of hydrogen-bond acceptors (Lipinski definition) is 18. The first kappa shape index (κ1) is 63.7. The van der Waals surface area contributed by atoms with Crippen LogP contribution < -0.4 is 42.5 Å². The van der Waals surface area contributed by atoms with E-state index in [0.29, 0.717) is 0 Å². The number of fused-ring (bicyclic) bond motifs is 6. The van der Waals surface area contributed by atoms with Crippen LogP contribution in [0.15, 0.2) is 97.1 Å². The third-order valence-corrected chi connectivity index (χ3v) is 16.6. The number of carboxylic acid groups (broad SMARTS) is 2. The van der Waals surface area contributed by atoms with Crippen LogP contribution >= 0.6 is 45.1 Å². The van der Waals surface area contributed by atoms with Gasteiger partial charge in [-0.3, -0.25) is 28.8 Å². The Hall–Kier alpha value is -7.50. The Kier molecular flexibility index (Phi) is 24.6. The van der Waals surface area contributed by atoms with Crippen molar-refractivity contribution in [2.45, 2.75) is 48.1 Å². The average Bonchev–Trinajstić information content (AvgIpc) is 4.19. The molecular weight excluding hydrogens is 1140 g/mol. The van der Waals surface area contributed by atoms with Gasteiger partial charge in [0.2, 0.25) is 35.4 Å². The van der Waals surface area contributed by atoms with E-state index in [1.54, 1.807) is 12.5 Å². The molecule has 0 fully saturated rings. The highest BCUT2D eigenvalue weighted by Gasteiger charge is 2.34. The SMILES string of the molecule is CSC[C@@H](NC(=O)[C@@H](CSSC[C@@H](NC(=O)CNC(=O)[C@H](CO)NC(=O)OCC1c2ccccc2-c2ccccc21)C(=O)N[C@H](CSC)C(=O)O)NC(=O)CNC(=O)[C@H](CO)NC(=O)OCC1c2ccccc2-c2ccccc21)C(=O)O. The topological polar surface area (TPSA) is 366 Å². The fourth-order valence-electron chi connectivity index (χ4n) is 8.85. The number of amides is 8. The van der Waals surface area contributed by atoms with Crippen LogP contribution in [0.2, 0.25) is 0 Å². The minimum absolute atomic E-state index is 0.0561. The van der Waals surface area contributed by atoms with Crippen molar-refractivity contribution in [2.24, 2.45) is 0 Å². The molecule has 2 aliphatic rings. The van der Waals surface area contributed by atoms with Crippen LogP contribution in [-0.2, 0) is 47.8 Å². The average molecular weight is 1210 g/mol. The van der Waals surface area contributed by atoms with E-state index in [1.807, 2.05) is 97.1 Å². The summed E-state index contributed by atoms with van der Waals surface area (Å²) < 4.78 is 11.0. The van der Waals surface area contributed by atoms with Gasteiger partial charge in [-0.2, -0.15) is 23.5 Å². The van der Waals surface area contributed by atoms with Crippen molar-refractivity contribution in [3.8, 4) is 22.3 Å². The van der Waals surface area contributed by atoms with Crippen molar-refractivity contribution in [3.05, 3.63) is 119 Å². The number of carbonyl (C=O) groups is 10. The smallest absolute Gasteiger partial charge is 0.407 e. The van der Waals surface area contributed by atoms with Gasteiger partial charge in [-0.1, -0.05) is 119 Å². The fraction of sp³-hybridized carbons (Fsp3) is 0.370. The molecule has 0 heterocycles. The lowest BCUT2D eigenvalue weighted by Crippen LogP contribution is -2.56. The van der Waals surface area contributed by atoms with Crippen molar-refractivity contribution >= 4 is 105 Å². The number of thioether (sulfide) groups is 2. The molecule has 0 aliphatic heterocycles. The van der Waals surface area contributed by atoms with Crippen LogP contribution in [0.5, 0.6) is 0 Å². The summed E-state index contributed by atoms with van der Waals surface area (Å²) in [4.78, 5) is 130. The van der Waals surface area contributed by atoms with Gasteiger partial charge in [-0.25, -0.2) is 19.2 Å². The molecule has 0 radical (unpaired) electrons. The Labute approximate surface area is 487 Å². The molecule has 12 N–H and O–H groups in total. The number of aliphatic hydroxyl groups excluding tert-OH is 2. The molecule has 0 bridgehead atoms. The lowest BCUT2D eigenvalue weighted by Gasteiger charge is -2.23. The summed E-state index contributed by atoms with van der Waals surface area (Å²) in [5, 5.41) is 58.1. The maximum absolute atomic E-state index is 13.6. The highest BCUT2D eigenvalue weighted by atomic mass is 33.1. The van der Waals surface area contributed by atoms with Gasteiger partial charge < -0.3 is 72.4 Å². The maximum atomic E-state index is 13.6. The molecule has 2 aliphatic carbocycles. The highest BCUT2D eigenvalue weighted by Crippen LogP contribution is 2.45. The number of rotatable bonds is 31. The molecular formula is C54H62N8O16S4. The standard InChI is InChI=1S/C54H62N8O16S4/c1-79-25-43(51(71)72)59-49(69)41(57-45(65)19-55-47(67)39(21-63)61-53(75)77-23-37-33-15-7-3-11-29(33)30-12-4-8-16-34(30)37)27-81-82-28-42(50(70)60-44(26-80-2)52(73)74)58-46(66)20-56-48(68)40(22-64)62-54(76)78-24-38-35-17-9-5-13-31(35)32-14-6-10-18-36(32)38/h3-18,37-44,63-64H,19-28H2,1-2H3,(H,55,67)(H,56,68)(H,57,65)(H,58,66)(H,59,69)(H,60,70)(H,61,75)(H,62,76)(H,71,72)(H,73,74)/t39-,40-,41+,42+,43+,44+/m0/s1. The molecule has 0 unspecified atom stereocenters. The number of nitrogens with one attached hydrogen (secondary N) is 8. The van der Waals surface area contributed by atoms with Gasteiger partial charge in [0.1, 0.15) is 49.5 Å². The second kappa shape index (κ2) is 31.6. The zero-order chi connectivity index (χ0) is 59.3. The van der Waals surface area contributed by atoms with E-state index >= 15 is 0 Å². The molecule has 0 saturated carbocycles. The molecule has 0 aromatic heterocycles. The number of ether oxygens (including phenoxy) is 2. The number of carbonyl (C=O) groups excluding carboxylic acids is 8. The van der Waals surface area contributed by atoms with Crippen LogP contribution in [0.25, 0.3) is 22.3 Å². The summed E-state index contributed by atoms with van der Waals surface area (Å²) in [5.74, 6) is -9.87. The minimum Gasteiger partial charge on any atom is -0.480 e. The Morgan fingerprint density at radius 2 is 0.744 bits per heavy atom. The highest BCUT2D eigenvalue weighted by molar-refractivity contribution is 8.76. The first-order valence-corrected chi connectivity index (χ1v) is 30.6. The van der Waals surface area contributed by atoms with Gasteiger partial charge in [-0.05, 0) is 57.0 Å². The first-order chi connectivity index (χ1) is 39.5. The number of carboxylic acids is 2.